The molecule has 0 fully saturated rings. The summed E-state index contributed by atoms with van der Waals surface area (Å²) in [6.45, 7) is 13.2. The third-order valence-electron chi connectivity index (χ3n) is 3.63. The van der Waals surface area contributed by atoms with Crippen LogP contribution in [0.4, 0.5) is 0 Å². The molecule has 2 heterocycles. The van der Waals surface area contributed by atoms with Gasteiger partial charge in [0.05, 0.1) is 6.54 Å². The Morgan fingerprint density at radius 3 is 2.83 bits per heavy atom. The lowest BCUT2D eigenvalue weighted by atomic mass is 10.1. The van der Waals surface area contributed by atoms with Gasteiger partial charge >= 0.3 is 0 Å². The van der Waals surface area contributed by atoms with Gasteiger partial charge in [0.15, 0.2) is 0 Å². The topological polar surface area (TPSA) is 33.1 Å². The molecule has 0 radical (unpaired) electrons. The maximum Gasteiger partial charge on any atom is 0.122 e. The molecule has 2 rings (SSSR count). The summed E-state index contributed by atoms with van der Waals surface area (Å²) in [6.07, 6.45) is 5.18. The minimum atomic E-state index is 0.196. The van der Waals surface area contributed by atoms with Crippen LogP contribution in [0.3, 0.4) is 0 Å². The van der Waals surface area contributed by atoms with Gasteiger partial charge in [-0.15, -0.1) is 0 Å². The normalized spacial score (nSPS) is 18.7. The molecule has 1 aromatic rings. The van der Waals surface area contributed by atoms with E-state index in [1.807, 2.05) is 6.20 Å². The molecule has 1 N–H and O–H groups in total. The standard InChI is InChI=1S/C14H26N4/c1-5-12(10-16-14(2,3)4)18-9-8-17-7-6-15-13(17)11-18/h6-7,12,16H,5,8-11H2,1-4H3. The van der Waals surface area contributed by atoms with Gasteiger partial charge in [-0.05, 0) is 27.2 Å². The van der Waals surface area contributed by atoms with Crippen molar-refractivity contribution in [3.05, 3.63) is 18.2 Å². The van der Waals surface area contributed by atoms with Crippen LogP contribution in [0.1, 0.15) is 39.9 Å². The molecule has 1 aliphatic rings. The Kier molecular flexibility index (Phi) is 4.07. The van der Waals surface area contributed by atoms with Gasteiger partial charge in [0.2, 0.25) is 0 Å². The zero-order valence-electron chi connectivity index (χ0n) is 12.1. The second kappa shape index (κ2) is 5.41. The molecule has 1 aliphatic heterocycles. The molecule has 0 saturated carbocycles. The largest absolute Gasteiger partial charge is 0.333 e. The molecule has 0 bridgehead atoms. The number of hydrogen-bond acceptors (Lipinski definition) is 3. The number of fused-ring (bicyclic) bond motifs is 1. The van der Waals surface area contributed by atoms with E-state index in [1.165, 1.54) is 12.2 Å². The van der Waals surface area contributed by atoms with Crippen LogP contribution >= 0.6 is 0 Å². The number of nitrogens with zero attached hydrogens (tertiary/aromatic N) is 3. The van der Waals surface area contributed by atoms with E-state index in [2.05, 4.69) is 53.7 Å². The van der Waals surface area contributed by atoms with Crippen LogP contribution in [0.15, 0.2) is 12.4 Å². The Hall–Kier alpha value is -0.870. The van der Waals surface area contributed by atoms with Crippen LogP contribution in [-0.2, 0) is 13.1 Å². The van der Waals surface area contributed by atoms with Gasteiger partial charge in [0.1, 0.15) is 5.82 Å². The van der Waals surface area contributed by atoms with E-state index in [4.69, 9.17) is 0 Å². The first-order valence-electron chi connectivity index (χ1n) is 6.98. The first kappa shape index (κ1) is 13.6. The van der Waals surface area contributed by atoms with Gasteiger partial charge in [-0.1, -0.05) is 6.92 Å². The van der Waals surface area contributed by atoms with E-state index in [0.717, 1.165) is 26.2 Å². The fourth-order valence-electron chi connectivity index (χ4n) is 2.46. The molecule has 1 unspecified atom stereocenters. The highest BCUT2D eigenvalue weighted by atomic mass is 15.3. The van der Waals surface area contributed by atoms with Crippen molar-refractivity contribution in [2.75, 3.05) is 13.1 Å². The van der Waals surface area contributed by atoms with Crippen molar-refractivity contribution in [1.29, 1.82) is 0 Å². The van der Waals surface area contributed by atoms with Gasteiger partial charge in [0.25, 0.3) is 0 Å². The summed E-state index contributed by atoms with van der Waals surface area (Å²) in [6, 6.07) is 0.606. The predicted molar refractivity (Wildman–Crippen MR) is 74.5 cm³/mol. The quantitative estimate of drug-likeness (QED) is 0.885. The maximum absolute atomic E-state index is 4.43. The number of rotatable bonds is 4. The molecule has 0 aromatic carbocycles. The van der Waals surface area contributed by atoms with Crippen molar-refractivity contribution in [3.63, 3.8) is 0 Å². The Morgan fingerprint density at radius 2 is 2.17 bits per heavy atom. The Balaban J connectivity index is 1.94. The molecule has 4 heteroatoms. The minimum absolute atomic E-state index is 0.196. The molecule has 1 aromatic heterocycles. The maximum atomic E-state index is 4.43. The highest BCUT2D eigenvalue weighted by Crippen LogP contribution is 2.15. The van der Waals surface area contributed by atoms with Crippen molar-refractivity contribution in [2.24, 2.45) is 0 Å². The summed E-state index contributed by atoms with van der Waals surface area (Å²) in [5, 5.41) is 3.62. The zero-order chi connectivity index (χ0) is 13.2. The van der Waals surface area contributed by atoms with Crippen molar-refractivity contribution < 1.29 is 0 Å². The SMILES string of the molecule is CCC(CNC(C)(C)C)N1CCn2ccnc2C1. The molecule has 0 spiro atoms. The third kappa shape index (κ3) is 3.33. The van der Waals surface area contributed by atoms with Gasteiger partial charge in [-0.3, -0.25) is 4.90 Å². The van der Waals surface area contributed by atoms with Crippen LogP contribution in [-0.4, -0.2) is 39.1 Å². The molecule has 4 nitrogen and oxygen atoms in total. The lowest BCUT2D eigenvalue weighted by Crippen LogP contribution is -2.49. The summed E-state index contributed by atoms with van der Waals surface area (Å²) >= 11 is 0. The summed E-state index contributed by atoms with van der Waals surface area (Å²) in [7, 11) is 0. The zero-order valence-corrected chi connectivity index (χ0v) is 12.1. The first-order chi connectivity index (χ1) is 8.49. The van der Waals surface area contributed by atoms with E-state index < -0.39 is 0 Å². The predicted octanol–water partition coefficient (Wildman–Crippen LogP) is 1.87. The van der Waals surface area contributed by atoms with Gasteiger partial charge in [-0.25, -0.2) is 4.98 Å². The molecule has 102 valence electrons. The van der Waals surface area contributed by atoms with Crippen LogP contribution in [0, 0.1) is 0 Å². The molecule has 0 amide bonds. The van der Waals surface area contributed by atoms with Gasteiger partial charge in [-0.2, -0.15) is 0 Å². The Morgan fingerprint density at radius 1 is 1.39 bits per heavy atom. The van der Waals surface area contributed by atoms with Crippen molar-refractivity contribution in [2.45, 2.75) is 58.8 Å². The third-order valence-corrected chi connectivity index (χ3v) is 3.63. The monoisotopic (exact) mass is 250 g/mol. The average molecular weight is 250 g/mol. The summed E-state index contributed by atoms with van der Waals surface area (Å²) in [5.74, 6) is 1.20. The molecule has 0 saturated heterocycles. The van der Waals surface area contributed by atoms with Crippen LogP contribution < -0.4 is 5.32 Å². The van der Waals surface area contributed by atoms with E-state index >= 15 is 0 Å². The van der Waals surface area contributed by atoms with Crippen molar-refractivity contribution in [3.8, 4) is 0 Å². The van der Waals surface area contributed by atoms with E-state index in [-0.39, 0.29) is 5.54 Å². The molecule has 0 aliphatic carbocycles. The van der Waals surface area contributed by atoms with E-state index in [1.54, 1.807) is 0 Å². The second-order valence-electron chi connectivity index (χ2n) is 6.20. The Labute approximate surface area is 110 Å². The fraction of sp³-hybridized carbons (Fsp3) is 0.786. The smallest absolute Gasteiger partial charge is 0.122 e. The first-order valence-corrected chi connectivity index (χ1v) is 6.98. The summed E-state index contributed by atoms with van der Waals surface area (Å²) in [4.78, 5) is 6.99. The van der Waals surface area contributed by atoms with Gasteiger partial charge in [0, 0.05) is 43.6 Å². The van der Waals surface area contributed by atoms with E-state index in [9.17, 15) is 0 Å². The van der Waals surface area contributed by atoms with E-state index in [0.29, 0.717) is 6.04 Å². The molecular formula is C14H26N4. The van der Waals surface area contributed by atoms with Crippen LogP contribution in [0.25, 0.3) is 0 Å². The molecule has 18 heavy (non-hydrogen) atoms. The molecule has 1 atom stereocenters. The lowest BCUT2D eigenvalue weighted by Gasteiger charge is -2.36. The second-order valence-corrected chi connectivity index (χ2v) is 6.20. The van der Waals surface area contributed by atoms with Crippen molar-refractivity contribution in [1.82, 2.24) is 19.8 Å². The summed E-state index contributed by atoms with van der Waals surface area (Å²) in [5.41, 5.74) is 0.196. The number of nitrogens with one attached hydrogen (secondary N) is 1. The number of imidazole rings is 1. The number of aromatic nitrogens is 2. The fourth-order valence-corrected chi connectivity index (χ4v) is 2.46. The molecular weight excluding hydrogens is 224 g/mol. The van der Waals surface area contributed by atoms with Crippen LogP contribution in [0.2, 0.25) is 0 Å². The average Bonchev–Trinajstić information content (AvgIpc) is 2.75. The minimum Gasteiger partial charge on any atom is -0.333 e. The van der Waals surface area contributed by atoms with Gasteiger partial charge < -0.3 is 9.88 Å². The summed E-state index contributed by atoms with van der Waals surface area (Å²) < 4.78 is 2.26. The van der Waals surface area contributed by atoms with Crippen LogP contribution in [0.5, 0.6) is 0 Å². The highest BCUT2D eigenvalue weighted by molar-refractivity contribution is 4.97. The lowest BCUT2D eigenvalue weighted by molar-refractivity contribution is 0.139. The Bertz CT molecular complexity index is 377. The number of hydrogen-bond donors (Lipinski definition) is 1. The van der Waals surface area contributed by atoms with Crippen molar-refractivity contribution >= 4 is 0 Å². The highest BCUT2D eigenvalue weighted by Gasteiger charge is 2.23.